The lowest BCUT2D eigenvalue weighted by atomic mass is 9.95. The molecule has 0 radical (unpaired) electrons. The van der Waals surface area contributed by atoms with Crippen LogP contribution in [0.15, 0.2) is 150 Å². The van der Waals surface area contributed by atoms with Gasteiger partial charge in [0.05, 0.1) is 10.9 Å². The Morgan fingerprint density at radius 1 is 0.444 bits per heavy atom. The standard InChI is InChI=1S/C40H24N4O/c1-3-10-26(11-4-1)38-42-39(27-12-5-2-6-13-27)44-40(43-38)29-19-21-30-28(24-29)14-7-16-31(30)32-17-8-18-33-35-34(45-37(32)33)22-20-25-15-9-23-41-36(25)35/h1-24H. The zero-order valence-electron chi connectivity index (χ0n) is 24.1. The summed E-state index contributed by atoms with van der Waals surface area (Å²) in [6, 6.07) is 47.4. The monoisotopic (exact) mass is 576 g/mol. The second kappa shape index (κ2) is 10.2. The second-order valence-electron chi connectivity index (χ2n) is 11.1. The molecule has 0 atom stereocenters. The fourth-order valence-electron chi connectivity index (χ4n) is 6.23. The van der Waals surface area contributed by atoms with Gasteiger partial charge >= 0.3 is 0 Å². The number of para-hydroxylation sites is 1. The van der Waals surface area contributed by atoms with Crippen LogP contribution >= 0.6 is 0 Å². The molecule has 45 heavy (non-hydrogen) atoms. The van der Waals surface area contributed by atoms with Crippen molar-refractivity contribution in [1.29, 1.82) is 0 Å². The molecule has 0 unspecified atom stereocenters. The summed E-state index contributed by atoms with van der Waals surface area (Å²) in [5, 5.41) is 5.42. The summed E-state index contributed by atoms with van der Waals surface area (Å²) in [6.07, 6.45) is 1.84. The van der Waals surface area contributed by atoms with Gasteiger partial charge in [0.25, 0.3) is 0 Å². The van der Waals surface area contributed by atoms with Crippen molar-refractivity contribution in [2.75, 3.05) is 0 Å². The Morgan fingerprint density at radius 3 is 1.87 bits per heavy atom. The Morgan fingerprint density at radius 2 is 1.11 bits per heavy atom. The van der Waals surface area contributed by atoms with E-state index in [1.165, 1.54) is 0 Å². The molecule has 3 aromatic heterocycles. The van der Waals surface area contributed by atoms with Crippen LogP contribution < -0.4 is 0 Å². The van der Waals surface area contributed by atoms with Crippen molar-refractivity contribution in [1.82, 2.24) is 19.9 Å². The first-order valence-electron chi connectivity index (χ1n) is 14.9. The van der Waals surface area contributed by atoms with E-state index in [1.54, 1.807) is 0 Å². The lowest BCUT2D eigenvalue weighted by molar-refractivity contribution is 0.670. The number of nitrogens with zero attached hydrogens (tertiary/aromatic N) is 4. The van der Waals surface area contributed by atoms with Gasteiger partial charge in [0.1, 0.15) is 11.2 Å². The minimum absolute atomic E-state index is 0.633. The fraction of sp³-hybridized carbons (Fsp3) is 0. The van der Waals surface area contributed by atoms with E-state index in [2.05, 4.69) is 66.7 Å². The van der Waals surface area contributed by atoms with Crippen molar-refractivity contribution < 1.29 is 4.42 Å². The molecule has 3 heterocycles. The molecule has 6 aromatic carbocycles. The quantitative estimate of drug-likeness (QED) is 0.209. The first kappa shape index (κ1) is 25.3. The number of rotatable bonds is 4. The molecule has 0 spiro atoms. The average Bonchev–Trinajstić information content (AvgIpc) is 3.51. The number of pyridine rings is 1. The van der Waals surface area contributed by atoms with Crippen LogP contribution in [0, 0.1) is 0 Å². The lowest BCUT2D eigenvalue weighted by Gasteiger charge is -2.11. The normalized spacial score (nSPS) is 11.6. The van der Waals surface area contributed by atoms with Gasteiger partial charge in [-0.15, -0.1) is 0 Å². The van der Waals surface area contributed by atoms with E-state index in [0.29, 0.717) is 17.5 Å². The van der Waals surface area contributed by atoms with Gasteiger partial charge in [0.15, 0.2) is 17.5 Å². The summed E-state index contributed by atoms with van der Waals surface area (Å²) in [5.74, 6) is 1.92. The summed E-state index contributed by atoms with van der Waals surface area (Å²) in [4.78, 5) is 19.4. The van der Waals surface area contributed by atoms with Gasteiger partial charge in [-0.1, -0.05) is 115 Å². The van der Waals surface area contributed by atoms with Crippen LogP contribution in [0.3, 0.4) is 0 Å². The van der Waals surface area contributed by atoms with Crippen LogP contribution in [-0.4, -0.2) is 19.9 Å². The minimum Gasteiger partial charge on any atom is -0.455 e. The Kier molecular flexibility index (Phi) is 5.74. The molecule has 0 aliphatic rings. The summed E-state index contributed by atoms with van der Waals surface area (Å²) in [7, 11) is 0. The van der Waals surface area contributed by atoms with E-state index in [9.17, 15) is 0 Å². The van der Waals surface area contributed by atoms with Gasteiger partial charge in [-0.25, -0.2) is 15.0 Å². The Labute approximate surface area is 258 Å². The number of benzene rings is 6. The predicted octanol–water partition coefficient (Wildman–Crippen LogP) is 10.1. The van der Waals surface area contributed by atoms with Crippen LogP contribution in [0.2, 0.25) is 0 Å². The molecule has 9 aromatic rings. The molecule has 0 saturated heterocycles. The first-order valence-corrected chi connectivity index (χ1v) is 14.9. The minimum atomic E-state index is 0.633. The van der Waals surface area contributed by atoms with Crippen LogP contribution in [0.1, 0.15) is 0 Å². The van der Waals surface area contributed by atoms with Crippen LogP contribution in [0.25, 0.3) is 88.9 Å². The third-order valence-electron chi connectivity index (χ3n) is 8.36. The predicted molar refractivity (Wildman–Crippen MR) is 182 cm³/mol. The zero-order valence-corrected chi connectivity index (χ0v) is 24.1. The molecule has 0 fully saturated rings. The Balaban J connectivity index is 1.21. The molecule has 9 rings (SSSR count). The molecule has 0 amide bonds. The molecular formula is C40H24N4O. The summed E-state index contributed by atoms with van der Waals surface area (Å²) in [6.45, 7) is 0. The van der Waals surface area contributed by atoms with E-state index in [4.69, 9.17) is 24.4 Å². The number of fused-ring (bicyclic) bond motifs is 6. The van der Waals surface area contributed by atoms with Gasteiger partial charge < -0.3 is 4.42 Å². The van der Waals surface area contributed by atoms with E-state index >= 15 is 0 Å². The maximum Gasteiger partial charge on any atom is 0.164 e. The van der Waals surface area contributed by atoms with Crippen molar-refractivity contribution in [3.63, 3.8) is 0 Å². The molecular weight excluding hydrogens is 552 g/mol. The molecule has 5 heteroatoms. The number of furan rings is 1. The van der Waals surface area contributed by atoms with Crippen LogP contribution in [0.4, 0.5) is 0 Å². The van der Waals surface area contributed by atoms with Crippen LogP contribution in [0.5, 0.6) is 0 Å². The van der Waals surface area contributed by atoms with Gasteiger partial charge in [0.2, 0.25) is 0 Å². The van der Waals surface area contributed by atoms with Gasteiger partial charge in [0, 0.05) is 39.2 Å². The highest BCUT2D eigenvalue weighted by molar-refractivity contribution is 6.20. The molecule has 210 valence electrons. The van der Waals surface area contributed by atoms with Crippen molar-refractivity contribution in [2.45, 2.75) is 0 Å². The van der Waals surface area contributed by atoms with E-state index in [1.807, 2.05) is 79.0 Å². The topological polar surface area (TPSA) is 64.7 Å². The summed E-state index contributed by atoms with van der Waals surface area (Å²) >= 11 is 0. The van der Waals surface area contributed by atoms with Gasteiger partial charge in [-0.3, -0.25) is 4.98 Å². The molecule has 0 aliphatic heterocycles. The SMILES string of the molecule is c1ccc(-c2nc(-c3ccccc3)nc(-c3ccc4c(-c5cccc6c5oc5ccc7cccnc7c56)cccc4c3)n2)cc1. The summed E-state index contributed by atoms with van der Waals surface area (Å²) < 4.78 is 6.53. The third kappa shape index (κ3) is 4.25. The maximum atomic E-state index is 6.53. The fourth-order valence-corrected chi connectivity index (χ4v) is 6.23. The van der Waals surface area contributed by atoms with Gasteiger partial charge in [-0.2, -0.15) is 0 Å². The number of hydrogen-bond acceptors (Lipinski definition) is 5. The second-order valence-corrected chi connectivity index (χ2v) is 11.1. The highest BCUT2D eigenvalue weighted by atomic mass is 16.3. The van der Waals surface area contributed by atoms with Crippen molar-refractivity contribution in [3.8, 4) is 45.3 Å². The van der Waals surface area contributed by atoms with Crippen molar-refractivity contribution in [2.24, 2.45) is 0 Å². The molecule has 0 aliphatic carbocycles. The third-order valence-corrected chi connectivity index (χ3v) is 8.36. The lowest BCUT2D eigenvalue weighted by Crippen LogP contribution is -2.00. The number of aromatic nitrogens is 4. The summed E-state index contributed by atoms with van der Waals surface area (Å²) in [5.41, 5.74) is 7.62. The van der Waals surface area contributed by atoms with E-state index < -0.39 is 0 Å². The number of hydrogen-bond donors (Lipinski definition) is 0. The Bertz CT molecular complexity index is 2480. The first-order chi connectivity index (χ1) is 22.3. The average molecular weight is 577 g/mol. The maximum absolute atomic E-state index is 6.53. The largest absolute Gasteiger partial charge is 0.455 e. The molecule has 5 nitrogen and oxygen atoms in total. The van der Waals surface area contributed by atoms with Gasteiger partial charge in [-0.05, 0) is 40.6 Å². The molecule has 0 saturated carbocycles. The van der Waals surface area contributed by atoms with Crippen molar-refractivity contribution in [3.05, 3.63) is 146 Å². The van der Waals surface area contributed by atoms with E-state index in [0.717, 1.165) is 71.4 Å². The van der Waals surface area contributed by atoms with Crippen molar-refractivity contribution >= 4 is 43.6 Å². The highest BCUT2D eigenvalue weighted by Gasteiger charge is 2.17. The Hall–Kier alpha value is -6.20. The smallest absolute Gasteiger partial charge is 0.164 e. The molecule has 0 N–H and O–H groups in total. The highest BCUT2D eigenvalue weighted by Crippen LogP contribution is 2.41. The van der Waals surface area contributed by atoms with Crippen LogP contribution in [-0.2, 0) is 0 Å². The molecule has 0 bridgehead atoms. The zero-order chi connectivity index (χ0) is 29.7. The van der Waals surface area contributed by atoms with E-state index in [-0.39, 0.29) is 0 Å².